The Morgan fingerprint density at radius 1 is 1.42 bits per heavy atom. The first-order valence-corrected chi connectivity index (χ1v) is 6.83. The van der Waals surface area contributed by atoms with Gasteiger partial charge in [0.05, 0.1) is 0 Å². The van der Waals surface area contributed by atoms with Gasteiger partial charge in [0.15, 0.2) is 0 Å². The zero-order chi connectivity index (χ0) is 13.9. The summed E-state index contributed by atoms with van der Waals surface area (Å²) in [6.07, 6.45) is 3.06. The molecule has 1 atom stereocenters. The van der Waals surface area contributed by atoms with Crippen LogP contribution in [0.3, 0.4) is 0 Å². The minimum absolute atomic E-state index is 0.287. The van der Waals surface area contributed by atoms with E-state index in [2.05, 4.69) is 12.2 Å². The second-order valence-electron chi connectivity index (χ2n) is 5.15. The highest BCUT2D eigenvalue weighted by Gasteiger charge is 2.49. The van der Waals surface area contributed by atoms with Crippen LogP contribution >= 0.6 is 0 Å². The number of amides is 1. The summed E-state index contributed by atoms with van der Waals surface area (Å²) < 4.78 is 5.76. The van der Waals surface area contributed by atoms with Crippen LogP contribution in [0.4, 0.5) is 0 Å². The Balaban J connectivity index is 2.03. The summed E-state index contributed by atoms with van der Waals surface area (Å²) in [7, 11) is 1.77. The van der Waals surface area contributed by atoms with Gasteiger partial charge >= 0.3 is 0 Å². The number of carbonyl (C=O) groups is 1. The average Bonchev–Trinajstić information content (AvgIpc) is 3.25. The first-order chi connectivity index (χ1) is 9.12. The number of hydrogen-bond donors (Lipinski definition) is 2. The molecule has 1 fully saturated rings. The zero-order valence-electron chi connectivity index (χ0n) is 11.6. The lowest BCUT2D eigenvalue weighted by Crippen LogP contribution is -2.59. The van der Waals surface area contributed by atoms with Gasteiger partial charge in [0.1, 0.15) is 17.9 Å². The van der Waals surface area contributed by atoms with Crippen molar-refractivity contribution < 1.29 is 9.53 Å². The maximum atomic E-state index is 11.7. The number of benzene rings is 1. The smallest absolute Gasteiger partial charge is 0.241 e. The predicted octanol–water partition coefficient (Wildman–Crippen LogP) is 1.48. The van der Waals surface area contributed by atoms with E-state index in [1.807, 2.05) is 24.3 Å². The number of carbonyl (C=O) groups excluding carboxylic acids is 1. The Bertz CT molecular complexity index is 440. The van der Waals surface area contributed by atoms with Gasteiger partial charge in [0.2, 0.25) is 5.91 Å². The molecule has 0 aliphatic heterocycles. The van der Waals surface area contributed by atoms with Crippen molar-refractivity contribution in [2.45, 2.75) is 31.7 Å². The van der Waals surface area contributed by atoms with E-state index in [1.165, 1.54) is 5.56 Å². The van der Waals surface area contributed by atoms with Gasteiger partial charge in [0.25, 0.3) is 0 Å². The molecule has 1 amide bonds. The van der Waals surface area contributed by atoms with Gasteiger partial charge in [-0.15, -0.1) is 0 Å². The third-order valence-electron chi connectivity index (χ3n) is 3.96. The zero-order valence-corrected chi connectivity index (χ0v) is 11.6. The van der Waals surface area contributed by atoms with Crippen LogP contribution in [0.25, 0.3) is 0 Å². The Kier molecular flexibility index (Phi) is 4.10. The van der Waals surface area contributed by atoms with Crippen LogP contribution in [0.2, 0.25) is 0 Å². The molecule has 1 aromatic carbocycles. The number of nitrogens with one attached hydrogen (secondary N) is 1. The molecule has 1 aliphatic carbocycles. The fraction of sp³-hybridized carbons (Fsp3) is 0.533. The summed E-state index contributed by atoms with van der Waals surface area (Å²) in [6.45, 7) is 2.40. The molecule has 4 heteroatoms. The summed E-state index contributed by atoms with van der Waals surface area (Å²) in [5, 5.41) is 3.07. The lowest BCUT2D eigenvalue weighted by Gasteiger charge is -2.30. The summed E-state index contributed by atoms with van der Waals surface area (Å²) in [6, 6.07) is 7.95. The molecule has 2 rings (SSSR count). The number of nitrogens with two attached hydrogens (primary N) is 1. The van der Waals surface area contributed by atoms with Gasteiger partial charge in [0, 0.05) is 0 Å². The van der Waals surface area contributed by atoms with E-state index in [1.54, 1.807) is 7.05 Å². The molecule has 0 radical (unpaired) electrons. The standard InChI is InChI=1S/C15H22N2O2/c1-3-11-4-8-13(9-5-11)19-10-15(17-2,14(16)18)12-6-7-12/h4-5,8-9,12,17H,3,6-7,10H2,1-2H3,(H2,16,18). The Morgan fingerprint density at radius 3 is 2.47 bits per heavy atom. The Hall–Kier alpha value is -1.55. The van der Waals surface area contributed by atoms with Crippen molar-refractivity contribution in [2.24, 2.45) is 11.7 Å². The fourth-order valence-corrected chi connectivity index (χ4v) is 2.38. The topological polar surface area (TPSA) is 64.3 Å². The molecule has 4 nitrogen and oxygen atoms in total. The van der Waals surface area contributed by atoms with Crippen molar-refractivity contribution in [1.29, 1.82) is 0 Å². The van der Waals surface area contributed by atoms with Gasteiger partial charge in [-0.3, -0.25) is 4.79 Å². The molecular formula is C15H22N2O2. The highest BCUT2D eigenvalue weighted by atomic mass is 16.5. The van der Waals surface area contributed by atoms with Crippen molar-refractivity contribution >= 4 is 5.91 Å². The third kappa shape index (κ3) is 2.89. The molecule has 0 bridgehead atoms. The molecule has 104 valence electrons. The van der Waals surface area contributed by atoms with Crippen LogP contribution in [0.15, 0.2) is 24.3 Å². The van der Waals surface area contributed by atoms with Crippen molar-refractivity contribution in [2.75, 3.05) is 13.7 Å². The monoisotopic (exact) mass is 262 g/mol. The van der Waals surface area contributed by atoms with Crippen molar-refractivity contribution in [3.8, 4) is 5.75 Å². The van der Waals surface area contributed by atoms with Gasteiger partial charge in [-0.05, 0) is 49.9 Å². The summed E-state index contributed by atoms with van der Waals surface area (Å²) in [5.74, 6) is 0.742. The maximum Gasteiger partial charge on any atom is 0.241 e. The minimum atomic E-state index is -0.733. The van der Waals surface area contributed by atoms with Gasteiger partial charge < -0.3 is 15.8 Å². The molecule has 1 aliphatic rings. The lowest BCUT2D eigenvalue weighted by atomic mass is 9.93. The third-order valence-corrected chi connectivity index (χ3v) is 3.96. The molecule has 0 spiro atoms. The molecule has 0 saturated heterocycles. The molecule has 1 aromatic rings. The molecule has 1 saturated carbocycles. The Morgan fingerprint density at radius 2 is 2.05 bits per heavy atom. The molecular weight excluding hydrogens is 240 g/mol. The number of primary amides is 1. The van der Waals surface area contributed by atoms with Crippen LogP contribution in [0.5, 0.6) is 5.75 Å². The van der Waals surface area contributed by atoms with Crippen molar-refractivity contribution in [3.63, 3.8) is 0 Å². The highest BCUT2D eigenvalue weighted by molar-refractivity contribution is 5.85. The van der Waals surface area contributed by atoms with Gasteiger partial charge in [-0.2, -0.15) is 0 Å². The van der Waals surface area contributed by atoms with Crippen molar-refractivity contribution in [3.05, 3.63) is 29.8 Å². The molecule has 19 heavy (non-hydrogen) atoms. The molecule has 0 aromatic heterocycles. The number of rotatable bonds is 7. The van der Waals surface area contributed by atoms with Crippen LogP contribution in [0.1, 0.15) is 25.3 Å². The van der Waals surface area contributed by atoms with E-state index in [-0.39, 0.29) is 12.5 Å². The first kappa shape index (κ1) is 13.9. The molecule has 0 heterocycles. The lowest BCUT2D eigenvalue weighted by molar-refractivity contribution is -0.126. The predicted molar refractivity (Wildman–Crippen MR) is 75.0 cm³/mol. The average molecular weight is 262 g/mol. The maximum absolute atomic E-state index is 11.7. The van der Waals surface area contributed by atoms with Gasteiger partial charge in [-0.25, -0.2) is 0 Å². The highest BCUT2D eigenvalue weighted by Crippen LogP contribution is 2.39. The van der Waals surface area contributed by atoms with E-state index in [4.69, 9.17) is 10.5 Å². The quantitative estimate of drug-likeness (QED) is 0.782. The summed E-state index contributed by atoms with van der Waals surface area (Å²) in [5.41, 5.74) is 6.09. The molecule has 1 unspecified atom stereocenters. The van der Waals surface area contributed by atoms with E-state index < -0.39 is 5.54 Å². The minimum Gasteiger partial charge on any atom is -0.491 e. The van der Waals surface area contributed by atoms with E-state index >= 15 is 0 Å². The number of hydrogen-bond acceptors (Lipinski definition) is 3. The number of likely N-dealkylation sites (N-methyl/N-ethyl adjacent to an activating group) is 1. The van der Waals surface area contributed by atoms with Crippen LogP contribution < -0.4 is 15.8 Å². The molecule has 3 N–H and O–H groups in total. The van der Waals surface area contributed by atoms with E-state index in [9.17, 15) is 4.79 Å². The van der Waals surface area contributed by atoms with E-state index in [0.29, 0.717) is 5.92 Å². The normalized spacial score (nSPS) is 17.8. The summed E-state index contributed by atoms with van der Waals surface area (Å²) in [4.78, 5) is 11.7. The van der Waals surface area contributed by atoms with E-state index in [0.717, 1.165) is 25.0 Å². The first-order valence-electron chi connectivity index (χ1n) is 6.83. The number of aryl methyl sites for hydroxylation is 1. The number of ether oxygens (including phenoxy) is 1. The van der Waals surface area contributed by atoms with Crippen molar-refractivity contribution in [1.82, 2.24) is 5.32 Å². The Labute approximate surface area is 114 Å². The van der Waals surface area contributed by atoms with Gasteiger partial charge in [-0.1, -0.05) is 19.1 Å². The second-order valence-corrected chi connectivity index (χ2v) is 5.15. The largest absolute Gasteiger partial charge is 0.491 e. The summed E-state index contributed by atoms with van der Waals surface area (Å²) >= 11 is 0. The van der Waals surface area contributed by atoms with Crippen LogP contribution in [0, 0.1) is 5.92 Å². The fourth-order valence-electron chi connectivity index (χ4n) is 2.38. The SMILES string of the molecule is CCc1ccc(OCC(NC)(C(N)=O)C2CC2)cc1. The van der Waals surface area contributed by atoms with Crippen LogP contribution in [-0.2, 0) is 11.2 Å². The second kappa shape index (κ2) is 5.61. The van der Waals surface area contributed by atoms with Crippen LogP contribution in [-0.4, -0.2) is 25.1 Å².